The Balaban J connectivity index is 3.13. The van der Waals surface area contributed by atoms with Crippen molar-refractivity contribution in [3.63, 3.8) is 0 Å². The Bertz CT molecular complexity index is 512. The normalized spacial score (nSPS) is 14.2. The van der Waals surface area contributed by atoms with Crippen LogP contribution < -0.4 is 16.6 Å². The van der Waals surface area contributed by atoms with Crippen LogP contribution in [0, 0.1) is 5.92 Å². The molecule has 0 bridgehead atoms. The summed E-state index contributed by atoms with van der Waals surface area (Å²) in [6.07, 6.45) is 3.26. The molecule has 0 aliphatic heterocycles. The summed E-state index contributed by atoms with van der Waals surface area (Å²) in [7, 11) is 0. The van der Waals surface area contributed by atoms with Gasteiger partial charge < -0.3 is 11.1 Å². The first-order valence-corrected chi connectivity index (χ1v) is 6.99. The van der Waals surface area contributed by atoms with Gasteiger partial charge in [-0.3, -0.25) is 4.79 Å². The van der Waals surface area contributed by atoms with Gasteiger partial charge in [0.05, 0.1) is 18.4 Å². The third-order valence-electron chi connectivity index (χ3n) is 3.41. The summed E-state index contributed by atoms with van der Waals surface area (Å²) >= 11 is 3.32. The van der Waals surface area contributed by atoms with Crippen molar-refractivity contribution in [2.24, 2.45) is 11.7 Å². The molecule has 1 unspecified atom stereocenters. The van der Waals surface area contributed by atoms with E-state index >= 15 is 0 Å². The lowest BCUT2D eigenvalue weighted by Gasteiger charge is -2.34. The standard InChI is InChI=1S/C13H21BrN4O/c1-5-6-18-12(19)11(14)10(7-16-18)17-13(4,8-15)9(2)3/h5,7,9,17H,1,6,8,15H2,2-4H3. The Morgan fingerprint density at radius 2 is 2.32 bits per heavy atom. The van der Waals surface area contributed by atoms with Gasteiger partial charge in [0, 0.05) is 12.1 Å². The highest BCUT2D eigenvalue weighted by molar-refractivity contribution is 9.10. The number of aromatic nitrogens is 2. The van der Waals surface area contributed by atoms with Crippen LogP contribution in [-0.4, -0.2) is 21.9 Å². The molecule has 1 heterocycles. The van der Waals surface area contributed by atoms with Gasteiger partial charge in [0.1, 0.15) is 4.47 Å². The van der Waals surface area contributed by atoms with Gasteiger partial charge >= 0.3 is 0 Å². The van der Waals surface area contributed by atoms with Crippen LogP contribution in [0.5, 0.6) is 0 Å². The molecule has 1 aromatic rings. The van der Waals surface area contributed by atoms with Crippen LogP contribution in [0.1, 0.15) is 20.8 Å². The van der Waals surface area contributed by atoms with E-state index in [4.69, 9.17) is 5.73 Å². The van der Waals surface area contributed by atoms with Crippen molar-refractivity contribution in [3.8, 4) is 0 Å². The maximum Gasteiger partial charge on any atom is 0.283 e. The van der Waals surface area contributed by atoms with E-state index in [1.54, 1.807) is 12.3 Å². The van der Waals surface area contributed by atoms with Crippen molar-refractivity contribution in [3.05, 3.63) is 33.7 Å². The number of hydrogen-bond acceptors (Lipinski definition) is 4. The van der Waals surface area contributed by atoms with Gasteiger partial charge in [0.25, 0.3) is 5.56 Å². The fourth-order valence-electron chi connectivity index (χ4n) is 1.54. The van der Waals surface area contributed by atoms with Crippen LogP contribution in [-0.2, 0) is 6.54 Å². The van der Waals surface area contributed by atoms with Crippen molar-refractivity contribution in [2.75, 3.05) is 11.9 Å². The highest BCUT2D eigenvalue weighted by atomic mass is 79.9. The first-order chi connectivity index (χ1) is 8.85. The summed E-state index contributed by atoms with van der Waals surface area (Å²) in [5, 5.41) is 7.42. The fourth-order valence-corrected chi connectivity index (χ4v) is 1.95. The van der Waals surface area contributed by atoms with Crippen molar-refractivity contribution < 1.29 is 0 Å². The molecule has 0 aromatic carbocycles. The molecule has 0 aliphatic rings. The van der Waals surface area contributed by atoms with E-state index in [1.165, 1.54) is 4.68 Å². The molecule has 106 valence electrons. The molecule has 1 rings (SSSR count). The van der Waals surface area contributed by atoms with Crippen molar-refractivity contribution in [1.82, 2.24) is 9.78 Å². The van der Waals surface area contributed by atoms with Gasteiger partial charge in [-0.15, -0.1) is 6.58 Å². The average molecular weight is 329 g/mol. The van der Waals surface area contributed by atoms with E-state index in [0.29, 0.717) is 29.2 Å². The Hall–Kier alpha value is -1.14. The van der Waals surface area contributed by atoms with Gasteiger partial charge in [-0.25, -0.2) is 4.68 Å². The molecule has 3 N–H and O–H groups in total. The van der Waals surface area contributed by atoms with Gasteiger partial charge in [0.15, 0.2) is 0 Å². The smallest absolute Gasteiger partial charge is 0.283 e. The lowest BCUT2D eigenvalue weighted by atomic mass is 9.88. The number of nitrogens with zero attached hydrogens (tertiary/aromatic N) is 2. The SMILES string of the molecule is C=CCn1ncc(NC(C)(CN)C(C)C)c(Br)c1=O. The van der Waals surface area contributed by atoms with E-state index in [0.717, 1.165) is 0 Å². The Morgan fingerprint density at radius 1 is 1.68 bits per heavy atom. The maximum absolute atomic E-state index is 12.1. The second-order valence-corrected chi connectivity index (χ2v) is 5.84. The zero-order valence-corrected chi connectivity index (χ0v) is 13.2. The topological polar surface area (TPSA) is 72.9 Å². The Morgan fingerprint density at radius 3 is 2.79 bits per heavy atom. The van der Waals surface area contributed by atoms with Crippen molar-refractivity contribution in [2.45, 2.75) is 32.9 Å². The van der Waals surface area contributed by atoms with Gasteiger partial charge in [-0.05, 0) is 28.8 Å². The molecular weight excluding hydrogens is 308 g/mol. The molecule has 1 aromatic heterocycles. The molecule has 0 fully saturated rings. The molecular formula is C13H21BrN4O. The fraction of sp³-hybridized carbons (Fsp3) is 0.538. The number of nitrogens with two attached hydrogens (primary N) is 1. The minimum Gasteiger partial charge on any atom is -0.376 e. The number of allylic oxidation sites excluding steroid dienone is 1. The third-order valence-corrected chi connectivity index (χ3v) is 4.17. The third kappa shape index (κ3) is 3.45. The monoisotopic (exact) mass is 328 g/mol. The van der Waals surface area contributed by atoms with Crippen LogP contribution in [0.15, 0.2) is 28.1 Å². The molecule has 0 aliphatic carbocycles. The molecule has 6 heteroatoms. The number of hydrogen-bond donors (Lipinski definition) is 2. The van der Waals surface area contributed by atoms with Crippen LogP contribution in [0.2, 0.25) is 0 Å². The minimum absolute atomic E-state index is 0.187. The molecule has 0 saturated heterocycles. The van der Waals surface area contributed by atoms with Crippen LogP contribution >= 0.6 is 15.9 Å². The first kappa shape index (κ1) is 15.9. The zero-order valence-electron chi connectivity index (χ0n) is 11.6. The Labute approximate surface area is 122 Å². The van der Waals surface area contributed by atoms with E-state index in [1.807, 2.05) is 6.92 Å². The summed E-state index contributed by atoms with van der Waals surface area (Å²) in [5.74, 6) is 0.319. The average Bonchev–Trinajstić information content (AvgIpc) is 2.38. The number of anilines is 1. The number of halogens is 1. The lowest BCUT2D eigenvalue weighted by Crippen LogP contribution is -2.47. The summed E-state index contributed by atoms with van der Waals surface area (Å²) in [4.78, 5) is 12.1. The largest absolute Gasteiger partial charge is 0.376 e. The first-order valence-electron chi connectivity index (χ1n) is 6.20. The summed E-state index contributed by atoms with van der Waals surface area (Å²) < 4.78 is 1.81. The predicted molar refractivity (Wildman–Crippen MR) is 82.3 cm³/mol. The van der Waals surface area contributed by atoms with E-state index in [-0.39, 0.29) is 11.1 Å². The molecule has 1 atom stereocenters. The summed E-state index contributed by atoms with van der Waals surface area (Å²) in [6.45, 7) is 10.6. The van der Waals surface area contributed by atoms with Gasteiger partial charge in [-0.2, -0.15) is 5.10 Å². The number of rotatable bonds is 6. The van der Waals surface area contributed by atoms with E-state index in [2.05, 4.69) is 46.8 Å². The highest BCUT2D eigenvalue weighted by Crippen LogP contribution is 2.25. The molecule has 19 heavy (non-hydrogen) atoms. The highest BCUT2D eigenvalue weighted by Gasteiger charge is 2.27. The molecule has 0 radical (unpaired) electrons. The second kappa shape index (κ2) is 6.34. The van der Waals surface area contributed by atoms with Gasteiger partial charge in [0.2, 0.25) is 0 Å². The molecule has 0 spiro atoms. The van der Waals surface area contributed by atoms with Gasteiger partial charge in [-0.1, -0.05) is 19.9 Å². The zero-order chi connectivity index (χ0) is 14.6. The minimum atomic E-state index is -0.290. The Kier molecular flexibility index (Phi) is 5.31. The molecule has 0 amide bonds. The van der Waals surface area contributed by atoms with Crippen LogP contribution in [0.25, 0.3) is 0 Å². The molecule has 0 saturated carbocycles. The van der Waals surface area contributed by atoms with Crippen LogP contribution in [0.4, 0.5) is 5.69 Å². The quantitative estimate of drug-likeness (QED) is 0.783. The summed E-state index contributed by atoms with van der Waals surface area (Å²) in [6, 6.07) is 0. The van der Waals surface area contributed by atoms with E-state index < -0.39 is 0 Å². The molecule has 5 nitrogen and oxygen atoms in total. The maximum atomic E-state index is 12.1. The van der Waals surface area contributed by atoms with Crippen molar-refractivity contribution in [1.29, 1.82) is 0 Å². The second-order valence-electron chi connectivity index (χ2n) is 5.05. The predicted octanol–water partition coefficient (Wildman–Crippen LogP) is 1.98. The van der Waals surface area contributed by atoms with Crippen molar-refractivity contribution >= 4 is 21.6 Å². The van der Waals surface area contributed by atoms with Crippen LogP contribution in [0.3, 0.4) is 0 Å². The van der Waals surface area contributed by atoms with E-state index in [9.17, 15) is 4.79 Å². The summed E-state index contributed by atoms with van der Waals surface area (Å²) in [5.41, 5.74) is 6.01. The number of nitrogens with one attached hydrogen (secondary N) is 1. The lowest BCUT2D eigenvalue weighted by molar-refractivity contribution is 0.382.